The number of carbonyl (C=O) groups excluding carboxylic acids is 2. The maximum Gasteiger partial charge on any atom is 0.299 e. The van der Waals surface area contributed by atoms with Crippen LogP contribution in [0.3, 0.4) is 0 Å². The maximum absolute atomic E-state index is 11.0. The molecule has 0 aliphatic rings. The molecule has 2 aromatic rings. The molecule has 44 nitrogen and oxygen atoms in total. The van der Waals surface area contributed by atoms with E-state index in [4.69, 9.17) is 43.7 Å². The number of anilines is 2. The SMILES string of the molecule is CC(=O)NCCCCOCCO.CC(=O)NCCCCOCCOS(C)(=O)=O.CS(=O)(=O)Cl.CS(=O)(=O)NCCCCOCCO.CS(=O)(=O)NCCCCOCCOS(C)(=O)=O.CS(=O)(=O)OCCOCCCCNc1ccc([N+](=O)[O-])cc1[N+](=O)[O-].O=[N+]([O-])c1ccc(NCCCCOCCO)c([N+](=O)[O-])c1. The first-order valence-corrected chi connectivity index (χ1v) is 45.1. The van der Waals surface area contributed by atoms with Crippen molar-refractivity contribution in [2.75, 3.05) is 206 Å². The number of unbranched alkanes of at least 4 members (excludes halogenated alkanes) is 6. The highest BCUT2D eigenvalue weighted by Crippen LogP contribution is 2.30. The summed E-state index contributed by atoms with van der Waals surface area (Å²) in [7, 11) is -15.1. The van der Waals surface area contributed by atoms with E-state index in [1.807, 2.05) is 0 Å². The number of ether oxygens (including phenoxy) is 6. The number of amides is 2. The van der Waals surface area contributed by atoms with Crippen LogP contribution in [0.25, 0.3) is 0 Å². The molecule has 0 unspecified atom stereocenters. The van der Waals surface area contributed by atoms with Gasteiger partial charge in [-0.3, -0.25) is 62.6 Å². The summed E-state index contributed by atoms with van der Waals surface area (Å²) in [5.41, 5.74) is -0.879. The Morgan fingerprint density at radius 3 is 0.817 bits per heavy atom. The Morgan fingerprint density at radius 1 is 0.367 bits per heavy atom. The van der Waals surface area contributed by atoms with Gasteiger partial charge in [0.25, 0.3) is 53.1 Å². The Bertz CT molecular complexity index is 3460. The Hall–Kier alpha value is -5.99. The molecule has 0 aromatic heterocycles. The molecule has 0 fully saturated rings. The van der Waals surface area contributed by atoms with Gasteiger partial charge in [0.05, 0.1) is 149 Å². The lowest BCUT2D eigenvalue weighted by Crippen LogP contribution is -2.23. The summed E-state index contributed by atoms with van der Waals surface area (Å²) in [6, 6.07) is 6.90. The number of non-ortho nitro benzene ring substituents is 2. The highest BCUT2D eigenvalue weighted by atomic mass is 35.7. The number of benzene rings is 2. The molecule has 2 amide bonds. The van der Waals surface area contributed by atoms with E-state index in [0.29, 0.717) is 124 Å². The normalized spacial score (nSPS) is 11.3. The predicted molar refractivity (Wildman–Crippen MR) is 404 cm³/mol. The van der Waals surface area contributed by atoms with Crippen LogP contribution in [0, 0.1) is 40.5 Å². The average molecular weight is 1720 g/mol. The first-order chi connectivity index (χ1) is 50.7. The van der Waals surface area contributed by atoms with Gasteiger partial charge in [-0.2, -0.15) is 25.3 Å². The molecule has 9 N–H and O–H groups in total. The van der Waals surface area contributed by atoms with Crippen molar-refractivity contribution >= 4 is 116 Å². The maximum atomic E-state index is 11.0. The highest BCUT2D eigenvalue weighted by Gasteiger charge is 2.21. The minimum Gasteiger partial charge on any atom is -0.394 e. The number of aliphatic hydroxyl groups excluding tert-OH is 3. The van der Waals surface area contributed by atoms with Crippen molar-refractivity contribution in [3.63, 3.8) is 0 Å². The van der Waals surface area contributed by atoms with Crippen LogP contribution in [0.15, 0.2) is 36.4 Å². The number of nitro groups is 4. The number of nitrogens with one attached hydrogen (secondary N) is 6. The zero-order valence-electron chi connectivity index (χ0n) is 62.5. The van der Waals surface area contributed by atoms with Gasteiger partial charge in [-0.15, -0.1) is 0 Å². The van der Waals surface area contributed by atoms with Gasteiger partial charge < -0.3 is 65.0 Å². The van der Waals surface area contributed by atoms with Crippen LogP contribution in [0.5, 0.6) is 0 Å². The number of rotatable bonds is 56. The molecular formula is C58H111ClN10O34S6. The van der Waals surface area contributed by atoms with Gasteiger partial charge in [-0.25, -0.2) is 34.7 Å². The molecule has 0 heterocycles. The number of sulfonamides is 2. The molecule has 2 rings (SSSR count). The van der Waals surface area contributed by atoms with Crippen molar-refractivity contribution in [1.82, 2.24) is 20.1 Å². The van der Waals surface area contributed by atoms with Crippen LogP contribution in [-0.4, -0.2) is 293 Å². The third-order valence-electron chi connectivity index (χ3n) is 11.5. The van der Waals surface area contributed by atoms with E-state index >= 15 is 0 Å². The molecule has 0 saturated heterocycles. The fourth-order valence-electron chi connectivity index (χ4n) is 6.87. The van der Waals surface area contributed by atoms with Crippen LogP contribution in [0.2, 0.25) is 0 Å². The molecule has 0 saturated carbocycles. The number of halogens is 1. The number of nitrogens with zero attached hydrogens (tertiary/aromatic N) is 4. The van der Waals surface area contributed by atoms with E-state index in [1.165, 1.54) is 38.1 Å². The molecule has 0 radical (unpaired) electrons. The fraction of sp³-hybridized carbons (Fsp3) is 0.759. The van der Waals surface area contributed by atoms with Crippen LogP contribution < -0.4 is 30.7 Å². The predicted octanol–water partition coefficient (Wildman–Crippen LogP) is 2.02. The Kier molecular flexibility index (Phi) is 70.4. The van der Waals surface area contributed by atoms with Crippen molar-refractivity contribution in [2.24, 2.45) is 0 Å². The second-order valence-electron chi connectivity index (χ2n) is 21.9. The average Bonchev–Trinajstić information content (AvgIpc) is 0.847. The summed E-state index contributed by atoms with van der Waals surface area (Å²) in [6.45, 7) is 10.9. The molecular weight excluding hydrogens is 1610 g/mol. The van der Waals surface area contributed by atoms with Gasteiger partial charge in [-0.05, 0) is 89.2 Å². The van der Waals surface area contributed by atoms with Crippen LogP contribution >= 0.6 is 10.7 Å². The number of hydrogen-bond acceptors (Lipinski definition) is 36. The Balaban J connectivity index is -0.000000398. The van der Waals surface area contributed by atoms with E-state index in [1.54, 1.807) is 0 Å². The Labute approximate surface area is 642 Å². The zero-order valence-corrected chi connectivity index (χ0v) is 68.2. The van der Waals surface area contributed by atoms with Gasteiger partial charge in [-0.1, -0.05) is 0 Å². The van der Waals surface area contributed by atoms with Gasteiger partial charge in [0.1, 0.15) is 11.4 Å². The highest BCUT2D eigenvalue weighted by molar-refractivity contribution is 8.13. The second kappa shape index (κ2) is 68.8. The lowest BCUT2D eigenvalue weighted by atomic mass is 10.2. The topological polar surface area (TPSA) is 627 Å². The first-order valence-electron chi connectivity index (χ1n) is 33.2. The van der Waals surface area contributed by atoms with E-state index in [-0.39, 0.29) is 105 Å². The molecule has 0 aliphatic heterocycles. The molecule has 0 spiro atoms. The van der Waals surface area contributed by atoms with E-state index < -0.39 is 79.1 Å². The molecule has 109 heavy (non-hydrogen) atoms. The van der Waals surface area contributed by atoms with Crippen molar-refractivity contribution in [1.29, 1.82) is 0 Å². The Morgan fingerprint density at radius 2 is 0.606 bits per heavy atom. The van der Waals surface area contributed by atoms with Gasteiger partial charge in [0.15, 0.2) is 0 Å². The number of carbonyl (C=O) groups is 2. The third kappa shape index (κ3) is 94.3. The summed E-state index contributed by atoms with van der Waals surface area (Å²) < 4.78 is 174. The molecule has 640 valence electrons. The lowest BCUT2D eigenvalue weighted by Gasteiger charge is -2.07. The van der Waals surface area contributed by atoms with Crippen molar-refractivity contribution in [2.45, 2.75) is 90.9 Å². The van der Waals surface area contributed by atoms with Crippen LogP contribution in [0.1, 0.15) is 90.9 Å². The molecule has 0 atom stereocenters. The summed E-state index contributed by atoms with van der Waals surface area (Å²) >= 11 is 0. The second-order valence-corrected chi connectivity index (χ2v) is 33.6. The molecule has 2 aromatic carbocycles. The van der Waals surface area contributed by atoms with E-state index in [0.717, 1.165) is 101 Å². The quantitative estimate of drug-likeness (QED) is 0.0150. The number of nitro benzene ring substituents is 4. The largest absolute Gasteiger partial charge is 0.394 e. The van der Waals surface area contributed by atoms with Crippen molar-refractivity contribution in [3.8, 4) is 0 Å². The van der Waals surface area contributed by atoms with E-state index in [9.17, 15) is 101 Å². The van der Waals surface area contributed by atoms with Crippen molar-refractivity contribution < 1.29 is 136 Å². The van der Waals surface area contributed by atoms with E-state index in [2.05, 4.69) is 53.9 Å². The number of hydrogen-bond donors (Lipinski definition) is 9. The molecule has 0 aliphatic carbocycles. The lowest BCUT2D eigenvalue weighted by molar-refractivity contribution is -0.393. The first kappa shape index (κ1) is 112. The standard InChI is InChI=1S/C13H19N3O8S.C12H17N3O6.C9H19NO5S.C8H19NO6S2.C8H17NO3.C7H17NO4S.CH3ClO2S/c1-25(21,22)24-9-8-23-7-3-2-6-14-12-5-4-11(15(17)18)10-13(12)16(19)20;16-6-8-21-7-2-1-5-13-11-4-3-10(14(17)18)9-12(11)15(19)20;1-9(11)10-5-3-4-6-14-7-8-15-16(2,12)13;1-16(10,11)9-5-3-4-6-14-7-8-15-17(2,12)13;1-8(11)9-4-2-3-6-12-7-5-10;1-13(10,11)8-4-2-3-6-12-7-5-9;1-5(2,3)4/h4-5,10,14H,2-3,6-9H2,1H3;3-4,9,13,16H,1-2,5-8H2;3-8H2,1-2H3,(H,10,11);9H,3-8H2,1-2H3;10H,2-7H2,1H3,(H,9,11);8-9H,2-7H2,1H3;1H3. The smallest absolute Gasteiger partial charge is 0.299 e. The minimum atomic E-state index is -3.46. The summed E-state index contributed by atoms with van der Waals surface area (Å²) in [5, 5.41) is 79.5. The number of aliphatic hydroxyl groups is 3. The summed E-state index contributed by atoms with van der Waals surface area (Å²) in [5.74, 6) is -0.0336. The van der Waals surface area contributed by atoms with Gasteiger partial charge in [0.2, 0.25) is 40.9 Å². The van der Waals surface area contributed by atoms with Gasteiger partial charge in [0, 0.05) is 116 Å². The molecule has 51 heteroatoms. The monoisotopic (exact) mass is 1720 g/mol. The molecule has 0 bridgehead atoms. The van der Waals surface area contributed by atoms with Crippen LogP contribution in [0.4, 0.5) is 34.1 Å². The van der Waals surface area contributed by atoms with Crippen molar-refractivity contribution in [3.05, 3.63) is 76.9 Å². The third-order valence-corrected chi connectivity index (χ3v) is 14.7. The minimum absolute atomic E-state index is 0.000419. The summed E-state index contributed by atoms with van der Waals surface area (Å²) in [4.78, 5) is 61.3. The fourth-order valence-corrected chi connectivity index (χ4v) is 9.01. The van der Waals surface area contributed by atoms with Gasteiger partial charge >= 0.3 is 0 Å². The van der Waals surface area contributed by atoms with Crippen LogP contribution in [-0.2, 0) is 110 Å². The summed E-state index contributed by atoms with van der Waals surface area (Å²) in [6.07, 6.45) is 15.2. The zero-order chi connectivity index (χ0) is 84.2.